The third-order valence-corrected chi connectivity index (χ3v) is 2.32. The molecule has 12 heavy (non-hydrogen) atoms. The summed E-state index contributed by atoms with van der Waals surface area (Å²) in [5.74, 6) is 0.528. The molecule has 64 valence electrons. The number of alkyl halides is 1. The maximum atomic E-state index is 5.69. The van der Waals surface area contributed by atoms with Crippen LogP contribution in [0.5, 0.6) is 0 Å². The normalized spacial score (nSPS) is 15.8. The molecule has 0 N–H and O–H groups in total. The maximum absolute atomic E-state index is 5.69. The third-order valence-electron chi connectivity index (χ3n) is 2.01. The molecule has 2 nitrogen and oxygen atoms in total. The first kappa shape index (κ1) is 8.02. The molecule has 0 spiro atoms. The van der Waals surface area contributed by atoms with Gasteiger partial charge in [0.25, 0.3) is 0 Å². The van der Waals surface area contributed by atoms with Crippen molar-refractivity contribution in [1.82, 2.24) is 4.98 Å². The summed E-state index contributed by atoms with van der Waals surface area (Å²) in [4.78, 5) is 4.33. The SMILES string of the molecule is ClCc1cnc2c(c1)COCC2. The van der Waals surface area contributed by atoms with Crippen LogP contribution in [0.1, 0.15) is 16.8 Å². The van der Waals surface area contributed by atoms with E-state index in [4.69, 9.17) is 16.3 Å². The predicted molar refractivity (Wildman–Crippen MR) is 47.2 cm³/mol. The Morgan fingerprint density at radius 2 is 2.50 bits per heavy atom. The molecule has 0 aromatic carbocycles. The minimum atomic E-state index is 0.528. The second-order valence-electron chi connectivity index (χ2n) is 2.89. The van der Waals surface area contributed by atoms with Crippen LogP contribution < -0.4 is 0 Å². The predicted octanol–water partition coefficient (Wildman–Crippen LogP) is 1.89. The Kier molecular flexibility index (Phi) is 2.28. The van der Waals surface area contributed by atoms with Crippen molar-refractivity contribution in [3.63, 3.8) is 0 Å². The Balaban J connectivity index is 2.36. The highest BCUT2D eigenvalue weighted by Gasteiger charge is 2.10. The Hall–Kier alpha value is -0.600. The van der Waals surface area contributed by atoms with Crippen molar-refractivity contribution in [2.45, 2.75) is 18.9 Å². The zero-order valence-corrected chi connectivity index (χ0v) is 7.47. The van der Waals surface area contributed by atoms with E-state index in [1.807, 2.05) is 6.20 Å². The number of aromatic nitrogens is 1. The van der Waals surface area contributed by atoms with Crippen molar-refractivity contribution in [3.05, 3.63) is 29.1 Å². The molecule has 0 atom stereocenters. The summed E-state index contributed by atoms with van der Waals surface area (Å²) in [5, 5.41) is 0. The van der Waals surface area contributed by atoms with Gasteiger partial charge in [-0.1, -0.05) is 0 Å². The fourth-order valence-corrected chi connectivity index (χ4v) is 1.51. The first-order valence-electron chi connectivity index (χ1n) is 4.00. The summed E-state index contributed by atoms with van der Waals surface area (Å²) in [6.45, 7) is 1.48. The lowest BCUT2D eigenvalue weighted by atomic mass is 10.1. The van der Waals surface area contributed by atoms with Crippen LogP contribution in [0.4, 0.5) is 0 Å². The van der Waals surface area contributed by atoms with Gasteiger partial charge in [0.1, 0.15) is 0 Å². The van der Waals surface area contributed by atoms with Crippen LogP contribution in [0.3, 0.4) is 0 Å². The summed E-state index contributed by atoms with van der Waals surface area (Å²) in [5.41, 5.74) is 3.43. The molecule has 0 saturated heterocycles. The van der Waals surface area contributed by atoms with E-state index in [2.05, 4.69) is 11.1 Å². The Labute approximate surface area is 76.5 Å². The minimum absolute atomic E-state index is 0.528. The largest absolute Gasteiger partial charge is 0.376 e. The van der Waals surface area contributed by atoms with E-state index in [1.165, 1.54) is 5.56 Å². The summed E-state index contributed by atoms with van der Waals surface area (Å²) >= 11 is 5.69. The smallest absolute Gasteiger partial charge is 0.0734 e. The highest BCUT2D eigenvalue weighted by atomic mass is 35.5. The lowest BCUT2D eigenvalue weighted by Gasteiger charge is -2.15. The molecule has 3 heteroatoms. The van der Waals surface area contributed by atoms with Gasteiger partial charge in [-0.2, -0.15) is 0 Å². The molecule has 0 aliphatic carbocycles. The number of hydrogen-bond donors (Lipinski definition) is 0. The van der Waals surface area contributed by atoms with Crippen LogP contribution in [0, 0.1) is 0 Å². The van der Waals surface area contributed by atoms with Gasteiger partial charge in [-0.05, 0) is 17.2 Å². The molecule has 1 aliphatic heterocycles. The summed E-state index contributed by atoms with van der Waals surface area (Å²) in [6, 6.07) is 2.08. The molecule has 1 aromatic heterocycles. The second-order valence-corrected chi connectivity index (χ2v) is 3.15. The molecule has 0 radical (unpaired) electrons. The molecule has 0 unspecified atom stereocenters. The molecule has 0 amide bonds. The van der Waals surface area contributed by atoms with E-state index in [0.29, 0.717) is 12.5 Å². The topological polar surface area (TPSA) is 22.1 Å². The van der Waals surface area contributed by atoms with Crippen molar-refractivity contribution < 1.29 is 4.74 Å². The number of pyridine rings is 1. The van der Waals surface area contributed by atoms with Gasteiger partial charge in [-0.25, -0.2) is 0 Å². The number of halogens is 1. The number of hydrogen-bond acceptors (Lipinski definition) is 2. The van der Waals surface area contributed by atoms with Crippen LogP contribution in [0.25, 0.3) is 0 Å². The minimum Gasteiger partial charge on any atom is -0.376 e. The van der Waals surface area contributed by atoms with Crippen LogP contribution in [-0.4, -0.2) is 11.6 Å². The van der Waals surface area contributed by atoms with Crippen molar-refractivity contribution in [3.8, 4) is 0 Å². The highest BCUT2D eigenvalue weighted by molar-refractivity contribution is 6.17. The molecule has 0 saturated carbocycles. The van der Waals surface area contributed by atoms with Crippen molar-refractivity contribution in [2.24, 2.45) is 0 Å². The van der Waals surface area contributed by atoms with Gasteiger partial charge < -0.3 is 4.74 Å². The van der Waals surface area contributed by atoms with Crippen LogP contribution in [0.15, 0.2) is 12.3 Å². The van der Waals surface area contributed by atoms with Crippen molar-refractivity contribution in [2.75, 3.05) is 6.61 Å². The Bertz CT molecular complexity index is 288. The van der Waals surface area contributed by atoms with Gasteiger partial charge in [-0.15, -0.1) is 11.6 Å². The van der Waals surface area contributed by atoms with Crippen LogP contribution >= 0.6 is 11.6 Å². The number of fused-ring (bicyclic) bond motifs is 1. The zero-order valence-electron chi connectivity index (χ0n) is 6.72. The van der Waals surface area contributed by atoms with Crippen LogP contribution in [-0.2, 0) is 23.6 Å². The van der Waals surface area contributed by atoms with Crippen molar-refractivity contribution >= 4 is 11.6 Å². The van der Waals surface area contributed by atoms with E-state index >= 15 is 0 Å². The van der Waals surface area contributed by atoms with Crippen molar-refractivity contribution in [1.29, 1.82) is 0 Å². The average molecular weight is 184 g/mol. The van der Waals surface area contributed by atoms with E-state index in [-0.39, 0.29) is 0 Å². The molecular weight excluding hydrogens is 174 g/mol. The van der Waals surface area contributed by atoms with Crippen LogP contribution in [0.2, 0.25) is 0 Å². The van der Waals surface area contributed by atoms with E-state index < -0.39 is 0 Å². The summed E-state index contributed by atoms with van der Waals surface area (Å²) in [7, 11) is 0. The molecule has 0 fully saturated rings. The molecule has 0 bridgehead atoms. The number of ether oxygens (including phenoxy) is 1. The van der Waals surface area contributed by atoms with Gasteiger partial charge in [-0.3, -0.25) is 4.98 Å². The third kappa shape index (κ3) is 1.45. The highest BCUT2D eigenvalue weighted by Crippen LogP contribution is 2.16. The molecule has 2 rings (SSSR count). The lowest BCUT2D eigenvalue weighted by molar-refractivity contribution is 0.109. The Morgan fingerprint density at radius 3 is 3.33 bits per heavy atom. The fraction of sp³-hybridized carbons (Fsp3) is 0.444. The zero-order chi connectivity index (χ0) is 8.39. The summed E-state index contributed by atoms with van der Waals surface area (Å²) < 4.78 is 5.31. The van der Waals surface area contributed by atoms with Gasteiger partial charge >= 0.3 is 0 Å². The van der Waals surface area contributed by atoms with E-state index in [0.717, 1.165) is 24.3 Å². The molecule has 1 aliphatic rings. The quantitative estimate of drug-likeness (QED) is 0.621. The number of rotatable bonds is 1. The standard InChI is InChI=1S/C9H10ClNO/c10-4-7-3-8-6-12-2-1-9(8)11-5-7/h3,5H,1-2,4,6H2. The molecule has 2 heterocycles. The monoisotopic (exact) mass is 183 g/mol. The molecule has 1 aromatic rings. The van der Waals surface area contributed by atoms with Gasteiger partial charge in [0, 0.05) is 24.2 Å². The van der Waals surface area contributed by atoms with E-state index in [1.54, 1.807) is 0 Å². The average Bonchev–Trinajstić information content (AvgIpc) is 2.17. The Morgan fingerprint density at radius 1 is 1.58 bits per heavy atom. The molecular formula is C9H10ClNO. The number of nitrogens with zero attached hydrogens (tertiary/aromatic N) is 1. The van der Waals surface area contributed by atoms with Gasteiger partial charge in [0.2, 0.25) is 0 Å². The maximum Gasteiger partial charge on any atom is 0.0734 e. The fourth-order valence-electron chi connectivity index (χ4n) is 1.36. The lowest BCUT2D eigenvalue weighted by Crippen LogP contribution is -2.11. The van der Waals surface area contributed by atoms with Gasteiger partial charge in [0.05, 0.1) is 13.2 Å². The first-order chi connectivity index (χ1) is 5.90. The first-order valence-corrected chi connectivity index (χ1v) is 4.54. The van der Waals surface area contributed by atoms with E-state index in [9.17, 15) is 0 Å². The summed E-state index contributed by atoms with van der Waals surface area (Å²) in [6.07, 6.45) is 2.77. The van der Waals surface area contributed by atoms with Gasteiger partial charge in [0.15, 0.2) is 0 Å². The second kappa shape index (κ2) is 3.42.